The van der Waals surface area contributed by atoms with Crippen LogP contribution in [0.25, 0.3) is 0 Å². The van der Waals surface area contributed by atoms with Crippen molar-refractivity contribution >= 4 is 5.69 Å². The second kappa shape index (κ2) is 5.52. The topological polar surface area (TPSA) is 49.5 Å². The minimum atomic E-state index is 0.203. The molecule has 1 aliphatic carbocycles. The summed E-state index contributed by atoms with van der Waals surface area (Å²) in [7, 11) is 0. The molecule has 1 fully saturated rings. The standard InChI is InChI=1S/C14H22N2O/c1-11-5-6-14(12(9-11)10-15)16(7-8-17)13-3-2-4-13/h5-6,9,13,17H,2-4,7-8,10,15H2,1H3. The van der Waals surface area contributed by atoms with Crippen molar-refractivity contribution in [3.05, 3.63) is 29.3 Å². The number of aliphatic hydroxyl groups excluding tert-OH is 1. The first-order valence-corrected chi connectivity index (χ1v) is 6.43. The van der Waals surface area contributed by atoms with Crippen LogP contribution in [-0.4, -0.2) is 24.3 Å². The number of hydrogen-bond donors (Lipinski definition) is 2. The molecule has 0 bridgehead atoms. The van der Waals surface area contributed by atoms with Crippen molar-refractivity contribution in [1.82, 2.24) is 0 Å². The van der Waals surface area contributed by atoms with Crippen molar-refractivity contribution in [3.8, 4) is 0 Å². The molecule has 0 unspecified atom stereocenters. The van der Waals surface area contributed by atoms with Crippen molar-refractivity contribution in [2.75, 3.05) is 18.1 Å². The number of aryl methyl sites for hydroxylation is 1. The number of nitrogens with two attached hydrogens (primary N) is 1. The van der Waals surface area contributed by atoms with E-state index in [0.717, 1.165) is 0 Å². The van der Waals surface area contributed by atoms with E-state index in [1.807, 2.05) is 0 Å². The van der Waals surface area contributed by atoms with Crippen molar-refractivity contribution in [2.24, 2.45) is 5.73 Å². The molecule has 0 saturated heterocycles. The molecular formula is C14H22N2O. The van der Waals surface area contributed by atoms with E-state index in [2.05, 4.69) is 30.0 Å². The van der Waals surface area contributed by atoms with Crippen LogP contribution in [0.3, 0.4) is 0 Å². The zero-order valence-electron chi connectivity index (χ0n) is 10.5. The monoisotopic (exact) mass is 234 g/mol. The van der Waals surface area contributed by atoms with Crippen LogP contribution >= 0.6 is 0 Å². The lowest BCUT2D eigenvalue weighted by atomic mass is 9.90. The Kier molecular flexibility index (Phi) is 4.02. The van der Waals surface area contributed by atoms with E-state index in [1.54, 1.807) is 0 Å². The molecular weight excluding hydrogens is 212 g/mol. The molecule has 1 aromatic carbocycles. The van der Waals surface area contributed by atoms with Gasteiger partial charge in [-0.05, 0) is 37.8 Å². The maximum atomic E-state index is 9.21. The number of nitrogens with zero attached hydrogens (tertiary/aromatic N) is 1. The molecule has 0 aliphatic heterocycles. The molecule has 0 amide bonds. The molecule has 0 spiro atoms. The summed E-state index contributed by atoms with van der Waals surface area (Å²) in [5.41, 5.74) is 9.46. The van der Waals surface area contributed by atoms with E-state index in [1.165, 1.54) is 36.1 Å². The number of aliphatic hydroxyl groups is 1. The van der Waals surface area contributed by atoms with Crippen LogP contribution < -0.4 is 10.6 Å². The predicted molar refractivity (Wildman–Crippen MR) is 71.1 cm³/mol. The normalized spacial score (nSPS) is 15.7. The minimum Gasteiger partial charge on any atom is -0.395 e. The second-order valence-electron chi connectivity index (χ2n) is 4.84. The lowest BCUT2D eigenvalue weighted by Crippen LogP contribution is -2.42. The molecule has 17 heavy (non-hydrogen) atoms. The summed E-state index contributed by atoms with van der Waals surface area (Å²) in [4.78, 5) is 2.32. The Morgan fingerprint density at radius 3 is 2.71 bits per heavy atom. The number of hydrogen-bond acceptors (Lipinski definition) is 3. The zero-order chi connectivity index (χ0) is 12.3. The summed E-state index contributed by atoms with van der Waals surface area (Å²) in [5.74, 6) is 0. The Morgan fingerprint density at radius 2 is 2.18 bits per heavy atom. The van der Waals surface area contributed by atoms with Gasteiger partial charge >= 0.3 is 0 Å². The van der Waals surface area contributed by atoms with Crippen LogP contribution in [0, 0.1) is 6.92 Å². The SMILES string of the molecule is Cc1ccc(N(CCO)C2CCC2)c(CN)c1. The fourth-order valence-corrected chi connectivity index (χ4v) is 2.46. The predicted octanol–water partition coefficient (Wildman–Crippen LogP) is 1.80. The Labute approximate surface area is 103 Å². The molecule has 3 heteroatoms. The number of benzene rings is 1. The average molecular weight is 234 g/mol. The maximum absolute atomic E-state index is 9.21. The lowest BCUT2D eigenvalue weighted by molar-refractivity contribution is 0.283. The van der Waals surface area contributed by atoms with Gasteiger partial charge in [0.2, 0.25) is 0 Å². The molecule has 0 radical (unpaired) electrons. The third kappa shape index (κ3) is 2.61. The van der Waals surface area contributed by atoms with Crippen molar-refractivity contribution in [1.29, 1.82) is 0 Å². The summed E-state index contributed by atoms with van der Waals surface area (Å²) in [6, 6.07) is 7.01. The molecule has 1 saturated carbocycles. The Morgan fingerprint density at radius 1 is 1.41 bits per heavy atom. The molecule has 94 valence electrons. The van der Waals surface area contributed by atoms with E-state index < -0.39 is 0 Å². The second-order valence-corrected chi connectivity index (χ2v) is 4.84. The highest BCUT2D eigenvalue weighted by Crippen LogP contribution is 2.31. The largest absolute Gasteiger partial charge is 0.395 e. The van der Waals surface area contributed by atoms with Gasteiger partial charge in [-0.2, -0.15) is 0 Å². The van der Waals surface area contributed by atoms with Gasteiger partial charge in [0.25, 0.3) is 0 Å². The first kappa shape index (κ1) is 12.4. The van der Waals surface area contributed by atoms with E-state index in [9.17, 15) is 5.11 Å². The highest BCUT2D eigenvalue weighted by atomic mass is 16.3. The van der Waals surface area contributed by atoms with Gasteiger partial charge in [0, 0.05) is 24.8 Å². The highest BCUT2D eigenvalue weighted by molar-refractivity contribution is 5.56. The molecule has 1 aromatic rings. The van der Waals surface area contributed by atoms with Crippen molar-refractivity contribution in [3.63, 3.8) is 0 Å². The van der Waals surface area contributed by atoms with Crippen molar-refractivity contribution in [2.45, 2.75) is 38.8 Å². The van der Waals surface area contributed by atoms with Crippen LogP contribution in [-0.2, 0) is 6.54 Å². The van der Waals surface area contributed by atoms with Gasteiger partial charge < -0.3 is 15.7 Å². The van der Waals surface area contributed by atoms with Gasteiger partial charge in [0.15, 0.2) is 0 Å². The van der Waals surface area contributed by atoms with Gasteiger partial charge in [-0.1, -0.05) is 17.7 Å². The van der Waals surface area contributed by atoms with Gasteiger partial charge in [-0.3, -0.25) is 0 Å². The van der Waals surface area contributed by atoms with E-state index in [4.69, 9.17) is 5.73 Å². The minimum absolute atomic E-state index is 0.203. The van der Waals surface area contributed by atoms with Crippen LogP contribution in [0.15, 0.2) is 18.2 Å². The third-order valence-electron chi connectivity index (χ3n) is 3.62. The van der Waals surface area contributed by atoms with Crippen LogP contribution in [0.4, 0.5) is 5.69 Å². The molecule has 3 nitrogen and oxygen atoms in total. The Hall–Kier alpha value is -1.06. The number of rotatable bonds is 5. The zero-order valence-corrected chi connectivity index (χ0v) is 10.5. The smallest absolute Gasteiger partial charge is 0.0606 e. The van der Waals surface area contributed by atoms with Crippen molar-refractivity contribution < 1.29 is 5.11 Å². The summed E-state index contributed by atoms with van der Waals surface area (Å²) >= 11 is 0. The van der Waals surface area contributed by atoms with E-state index in [0.29, 0.717) is 19.1 Å². The first-order valence-electron chi connectivity index (χ1n) is 6.43. The van der Waals surface area contributed by atoms with E-state index in [-0.39, 0.29) is 6.61 Å². The first-order chi connectivity index (χ1) is 8.26. The van der Waals surface area contributed by atoms with Crippen LogP contribution in [0.2, 0.25) is 0 Å². The fraction of sp³-hybridized carbons (Fsp3) is 0.571. The molecule has 1 aliphatic rings. The van der Waals surface area contributed by atoms with Crippen LogP contribution in [0.1, 0.15) is 30.4 Å². The summed E-state index contributed by atoms with van der Waals surface area (Å²) in [6.45, 7) is 3.56. The average Bonchev–Trinajstić information content (AvgIpc) is 2.26. The highest BCUT2D eigenvalue weighted by Gasteiger charge is 2.25. The quantitative estimate of drug-likeness (QED) is 0.817. The molecule has 0 heterocycles. The lowest BCUT2D eigenvalue weighted by Gasteiger charge is -2.40. The summed E-state index contributed by atoms with van der Waals surface area (Å²) in [6.07, 6.45) is 3.77. The van der Waals surface area contributed by atoms with Gasteiger partial charge in [0.05, 0.1) is 6.61 Å². The van der Waals surface area contributed by atoms with Gasteiger partial charge in [0.1, 0.15) is 0 Å². The molecule has 2 rings (SSSR count). The fourth-order valence-electron chi connectivity index (χ4n) is 2.46. The Balaban J connectivity index is 2.27. The molecule has 0 aromatic heterocycles. The number of anilines is 1. The third-order valence-corrected chi connectivity index (χ3v) is 3.62. The Bertz CT molecular complexity index is 374. The summed E-state index contributed by atoms with van der Waals surface area (Å²) in [5, 5.41) is 9.21. The summed E-state index contributed by atoms with van der Waals surface area (Å²) < 4.78 is 0. The van der Waals surface area contributed by atoms with Gasteiger partial charge in [-0.15, -0.1) is 0 Å². The maximum Gasteiger partial charge on any atom is 0.0606 e. The van der Waals surface area contributed by atoms with E-state index >= 15 is 0 Å². The molecule has 3 N–H and O–H groups in total. The van der Waals surface area contributed by atoms with Crippen LogP contribution in [0.5, 0.6) is 0 Å². The van der Waals surface area contributed by atoms with Gasteiger partial charge in [-0.25, -0.2) is 0 Å². The molecule has 0 atom stereocenters.